The number of methoxy groups -OCH3 is 1. The van der Waals surface area contributed by atoms with E-state index >= 15 is 0 Å². The van der Waals surface area contributed by atoms with Crippen LogP contribution in [-0.2, 0) is 11.3 Å². The van der Waals surface area contributed by atoms with Crippen molar-refractivity contribution < 1.29 is 14.3 Å². The average molecular weight is 499 g/mol. The number of esters is 1. The third kappa shape index (κ3) is 6.09. The molecule has 0 N–H and O–H groups in total. The fourth-order valence-electron chi connectivity index (χ4n) is 4.54. The molecule has 0 unspecified atom stereocenters. The lowest BCUT2D eigenvalue weighted by molar-refractivity contribution is 0.0601. The summed E-state index contributed by atoms with van der Waals surface area (Å²) in [7, 11) is 5.48. The number of hydrogen-bond donors (Lipinski definition) is 0. The molecule has 0 amide bonds. The maximum Gasteiger partial charge on any atom is 0.337 e. The molecule has 1 aromatic heterocycles. The molecule has 0 saturated heterocycles. The highest BCUT2D eigenvalue weighted by Gasteiger charge is 2.13. The van der Waals surface area contributed by atoms with Gasteiger partial charge in [-0.3, -0.25) is 4.79 Å². The van der Waals surface area contributed by atoms with Gasteiger partial charge >= 0.3 is 5.97 Å². The highest BCUT2D eigenvalue weighted by molar-refractivity contribution is 5.93. The van der Waals surface area contributed by atoms with E-state index in [0.717, 1.165) is 51.9 Å². The van der Waals surface area contributed by atoms with Gasteiger partial charge in [-0.25, -0.2) is 4.79 Å². The fraction of sp³-hybridized carbons (Fsp3) is 0.290. The molecule has 1 heterocycles. The van der Waals surface area contributed by atoms with Crippen molar-refractivity contribution in [3.05, 3.63) is 99.5 Å². The highest BCUT2D eigenvalue weighted by Crippen LogP contribution is 2.29. The Morgan fingerprint density at radius 1 is 0.946 bits per heavy atom. The van der Waals surface area contributed by atoms with Gasteiger partial charge in [0.25, 0.3) is 5.56 Å². The summed E-state index contributed by atoms with van der Waals surface area (Å²) in [6.45, 7) is 6.12. The van der Waals surface area contributed by atoms with Crippen LogP contribution in [0.2, 0.25) is 0 Å². The van der Waals surface area contributed by atoms with Crippen LogP contribution in [0, 0.1) is 13.8 Å². The van der Waals surface area contributed by atoms with Crippen molar-refractivity contribution in [3.8, 4) is 16.9 Å². The Hall–Kier alpha value is -3.90. The maximum atomic E-state index is 13.4. The Kier molecular flexibility index (Phi) is 8.09. The van der Waals surface area contributed by atoms with Gasteiger partial charge in [0.1, 0.15) is 5.75 Å². The summed E-state index contributed by atoms with van der Waals surface area (Å²) in [4.78, 5) is 27.6. The Balaban J connectivity index is 1.61. The summed E-state index contributed by atoms with van der Waals surface area (Å²) in [5.74, 6) is 0.445. The van der Waals surface area contributed by atoms with Gasteiger partial charge in [-0.05, 0) is 104 Å². The number of hydrogen-bond acceptors (Lipinski definition) is 5. The molecule has 4 aromatic rings. The topological polar surface area (TPSA) is 60.8 Å². The van der Waals surface area contributed by atoms with E-state index in [1.807, 2.05) is 88.7 Å². The molecule has 3 aromatic carbocycles. The van der Waals surface area contributed by atoms with Crippen LogP contribution in [0.5, 0.6) is 5.75 Å². The number of pyridine rings is 1. The second-order valence-corrected chi connectivity index (χ2v) is 9.68. The Morgan fingerprint density at radius 2 is 1.76 bits per heavy atom. The van der Waals surface area contributed by atoms with Crippen LogP contribution in [0.1, 0.15) is 33.5 Å². The van der Waals surface area contributed by atoms with E-state index in [4.69, 9.17) is 9.47 Å². The number of aryl methyl sites for hydroxylation is 2. The lowest BCUT2D eigenvalue weighted by Crippen LogP contribution is -2.21. The standard InChI is InChI=1S/C31H34N2O4/c1-21-10-11-25(31(35)36-5)18-28(21)24-12-13-27-29(17-24)22(2)19-33(30(27)34)20-23-8-6-9-26(16-23)37-15-7-14-32(3)4/h6,8-13,16-19H,7,14-15,20H2,1-5H3. The van der Waals surface area contributed by atoms with Crippen molar-refractivity contribution in [2.24, 2.45) is 0 Å². The molecule has 0 aliphatic heterocycles. The van der Waals surface area contributed by atoms with Gasteiger partial charge in [0.05, 0.1) is 25.8 Å². The van der Waals surface area contributed by atoms with Crippen molar-refractivity contribution in [1.82, 2.24) is 9.47 Å². The minimum atomic E-state index is -0.371. The van der Waals surface area contributed by atoms with Crippen molar-refractivity contribution in [2.75, 3.05) is 34.4 Å². The van der Waals surface area contributed by atoms with E-state index in [2.05, 4.69) is 4.90 Å². The quantitative estimate of drug-likeness (QED) is 0.227. The van der Waals surface area contributed by atoms with Gasteiger partial charge in [0.2, 0.25) is 0 Å². The predicted molar refractivity (Wildman–Crippen MR) is 149 cm³/mol. The second-order valence-electron chi connectivity index (χ2n) is 9.68. The van der Waals surface area contributed by atoms with Crippen LogP contribution < -0.4 is 10.3 Å². The largest absolute Gasteiger partial charge is 0.494 e. The number of carbonyl (C=O) groups excluding carboxylic acids is 1. The van der Waals surface area contributed by atoms with Gasteiger partial charge in [-0.1, -0.05) is 24.3 Å². The first-order chi connectivity index (χ1) is 17.8. The lowest BCUT2D eigenvalue weighted by atomic mass is 9.95. The molecule has 6 heteroatoms. The summed E-state index contributed by atoms with van der Waals surface area (Å²) < 4.78 is 12.5. The normalized spacial score (nSPS) is 11.2. The monoisotopic (exact) mass is 498 g/mol. The number of carbonyl (C=O) groups is 1. The van der Waals surface area contributed by atoms with E-state index in [1.54, 1.807) is 10.6 Å². The summed E-state index contributed by atoms with van der Waals surface area (Å²) in [5, 5.41) is 1.57. The minimum absolute atomic E-state index is 0.0375. The first-order valence-electron chi connectivity index (χ1n) is 12.5. The zero-order valence-electron chi connectivity index (χ0n) is 22.2. The molecule has 0 bridgehead atoms. The van der Waals surface area contributed by atoms with Crippen LogP contribution >= 0.6 is 0 Å². The number of nitrogens with zero attached hydrogens (tertiary/aromatic N) is 2. The van der Waals surface area contributed by atoms with E-state index in [9.17, 15) is 9.59 Å². The zero-order chi connectivity index (χ0) is 26.5. The molecule has 192 valence electrons. The minimum Gasteiger partial charge on any atom is -0.494 e. The maximum absolute atomic E-state index is 13.4. The number of ether oxygens (including phenoxy) is 2. The molecular formula is C31H34N2O4. The number of benzene rings is 3. The molecule has 0 aliphatic rings. The molecule has 0 radical (unpaired) electrons. The number of rotatable bonds is 9. The smallest absolute Gasteiger partial charge is 0.337 e. The van der Waals surface area contributed by atoms with E-state index in [0.29, 0.717) is 24.1 Å². The van der Waals surface area contributed by atoms with Crippen LogP contribution in [0.15, 0.2) is 71.7 Å². The first-order valence-corrected chi connectivity index (χ1v) is 12.5. The van der Waals surface area contributed by atoms with E-state index < -0.39 is 0 Å². The number of aromatic nitrogens is 1. The Labute approximate surface area is 218 Å². The van der Waals surface area contributed by atoms with Crippen molar-refractivity contribution in [2.45, 2.75) is 26.8 Å². The molecular weight excluding hydrogens is 464 g/mol. The van der Waals surface area contributed by atoms with Crippen molar-refractivity contribution >= 4 is 16.7 Å². The zero-order valence-corrected chi connectivity index (χ0v) is 22.2. The van der Waals surface area contributed by atoms with Crippen LogP contribution in [0.3, 0.4) is 0 Å². The van der Waals surface area contributed by atoms with Gasteiger partial charge in [0, 0.05) is 18.1 Å². The molecule has 37 heavy (non-hydrogen) atoms. The van der Waals surface area contributed by atoms with Crippen LogP contribution in [0.4, 0.5) is 0 Å². The van der Waals surface area contributed by atoms with Gasteiger partial charge in [0.15, 0.2) is 0 Å². The molecule has 4 rings (SSSR count). The number of fused-ring (bicyclic) bond motifs is 1. The van der Waals surface area contributed by atoms with E-state index in [-0.39, 0.29) is 11.5 Å². The molecule has 0 atom stereocenters. The fourth-order valence-corrected chi connectivity index (χ4v) is 4.54. The molecule has 0 fully saturated rings. The Morgan fingerprint density at radius 3 is 2.51 bits per heavy atom. The van der Waals surface area contributed by atoms with Gasteiger partial charge in [-0.15, -0.1) is 0 Å². The van der Waals surface area contributed by atoms with E-state index in [1.165, 1.54) is 7.11 Å². The van der Waals surface area contributed by atoms with Crippen molar-refractivity contribution in [3.63, 3.8) is 0 Å². The van der Waals surface area contributed by atoms with Gasteiger partial charge in [-0.2, -0.15) is 0 Å². The Bertz CT molecular complexity index is 1490. The molecule has 0 aliphatic carbocycles. The summed E-state index contributed by atoms with van der Waals surface area (Å²) in [6, 6.07) is 19.3. The predicted octanol–water partition coefficient (Wildman–Crippen LogP) is 5.45. The summed E-state index contributed by atoms with van der Waals surface area (Å²) >= 11 is 0. The third-order valence-electron chi connectivity index (χ3n) is 6.52. The molecule has 6 nitrogen and oxygen atoms in total. The lowest BCUT2D eigenvalue weighted by Gasteiger charge is -2.14. The van der Waals surface area contributed by atoms with Crippen LogP contribution in [0.25, 0.3) is 21.9 Å². The van der Waals surface area contributed by atoms with Crippen molar-refractivity contribution in [1.29, 1.82) is 0 Å². The summed E-state index contributed by atoms with van der Waals surface area (Å²) in [6.07, 6.45) is 2.87. The average Bonchev–Trinajstić information content (AvgIpc) is 2.89. The molecule has 0 saturated carbocycles. The summed E-state index contributed by atoms with van der Waals surface area (Å²) in [5.41, 5.74) is 5.42. The van der Waals surface area contributed by atoms with Gasteiger partial charge < -0.3 is 18.9 Å². The van der Waals surface area contributed by atoms with Crippen LogP contribution in [-0.4, -0.2) is 49.8 Å². The first kappa shape index (κ1) is 26.2. The highest BCUT2D eigenvalue weighted by atomic mass is 16.5. The SMILES string of the molecule is COC(=O)c1ccc(C)c(-c2ccc3c(=O)n(Cc4cccc(OCCCN(C)C)c4)cc(C)c3c2)c1. The third-order valence-corrected chi connectivity index (χ3v) is 6.52. The molecule has 0 spiro atoms. The second kappa shape index (κ2) is 11.4.